The van der Waals surface area contributed by atoms with Gasteiger partial charge in [-0.15, -0.1) is 0 Å². The topological polar surface area (TPSA) is 88.2 Å². The fourth-order valence-corrected chi connectivity index (χ4v) is 6.77. The van der Waals surface area contributed by atoms with E-state index in [0.717, 1.165) is 12.8 Å². The van der Waals surface area contributed by atoms with Crippen molar-refractivity contribution in [2.75, 3.05) is 30.0 Å². The summed E-state index contributed by atoms with van der Waals surface area (Å²) in [6, 6.07) is 10.2. The van der Waals surface area contributed by atoms with Crippen LogP contribution in [0.5, 0.6) is 11.5 Å². The lowest BCUT2D eigenvalue weighted by Crippen LogP contribution is -2.54. The molecule has 2 aromatic carbocycles. The molecular formula is C24H20ClN3O5. The summed E-state index contributed by atoms with van der Waals surface area (Å²) in [6.07, 6.45) is 1.63. The third kappa shape index (κ3) is 2.27. The van der Waals surface area contributed by atoms with Gasteiger partial charge in [0.15, 0.2) is 11.5 Å². The summed E-state index contributed by atoms with van der Waals surface area (Å²) in [6.45, 7) is 1.51. The molecule has 1 N–H and O–H groups in total. The van der Waals surface area contributed by atoms with Crippen LogP contribution in [0.25, 0.3) is 0 Å². The molecule has 7 rings (SSSR count). The van der Waals surface area contributed by atoms with Gasteiger partial charge in [-0.2, -0.15) is 0 Å². The Morgan fingerprint density at radius 2 is 1.82 bits per heavy atom. The van der Waals surface area contributed by atoms with Crippen LogP contribution in [-0.4, -0.2) is 48.4 Å². The van der Waals surface area contributed by atoms with Crippen LogP contribution in [0.1, 0.15) is 18.4 Å². The van der Waals surface area contributed by atoms with E-state index >= 15 is 0 Å². The van der Waals surface area contributed by atoms with Crippen LogP contribution in [0.4, 0.5) is 11.4 Å². The number of hydrogen-bond donors (Lipinski definition) is 1. The molecule has 0 bridgehead atoms. The zero-order valence-corrected chi connectivity index (χ0v) is 18.3. The van der Waals surface area contributed by atoms with Gasteiger partial charge >= 0.3 is 0 Å². The molecule has 2 aromatic rings. The first-order chi connectivity index (χ1) is 16.0. The first kappa shape index (κ1) is 19.4. The number of carbonyl (C=O) groups excluding carboxylic acids is 3. The number of carbonyl (C=O) groups is 3. The smallest absolute Gasteiger partial charge is 0.250 e. The minimum atomic E-state index is -1.23. The average Bonchev–Trinajstić information content (AvgIpc) is 3.52. The average molecular weight is 466 g/mol. The molecule has 9 heteroatoms. The number of amides is 3. The lowest BCUT2D eigenvalue weighted by Gasteiger charge is -2.36. The molecule has 168 valence electrons. The van der Waals surface area contributed by atoms with Crippen molar-refractivity contribution in [3.63, 3.8) is 0 Å². The third-order valence-corrected chi connectivity index (χ3v) is 7.97. The Balaban J connectivity index is 1.39. The molecule has 0 aromatic heterocycles. The molecule has 4 atom stereocenters. The number of ether oxygens (including phenoxy) is 2. The molecule has 8 nitrogen and oxygen atoms in total. The Labute approximate surface area is 194 Å². The van der Waals surface area contributed by atoms with E-state index < -0.39 is 17.4 Å². The van der Waals surface area contributed by atoms with Gasteiger partial charge in [-0.3, -0.25) is 19.3 Å². The number of fused-ring (bicyclic) bond motifs is 8. The maximum absolute atomic E-state index is 14.0. The number of nitrogens with zero attached hydrogens (tertiary/aromatic N) is 2. The van der Waals surface area contributed by atoms with Gasteiger partial charge in [0.25, 0.3) is 0 Å². The second-order valence-corrected chi connectivity index (χ2v) is 9.59. The van der Waals surface area contributed by atoms with Crippen molar-refractivity contribution in [1.82, 2.24) is 4.90 Å². The fraction of sp³-hybridized carbons (Fsp3) is 0.375. The predicted molar refractivity (Wildman–Crippen MR) is 118 cm³/mol. The van der Waals surface area contributed by atoms with Gasteiger partial charge < -0.3 is 14.8 Å². The molecule has 3 fully saturated rings. The van der Waals surface area contributed by atoms with Crippen molar-refractivity contribution in [3.8, 4) is 11.5 Å². The van der Waals surface area contributed by atoms with Crippen LogP contribution in [0.15, 0.2) is 36.4 Å². The normalized spacial score (nSPS) is 31.7. The van der Waals surface area contributed by atoms with Crippen molar-refractivity contribution >= 4 is 40.7 Å². The summed E-state index contributed by atoms with van der Waals surface area (Å²) < 4.78 is 11.2. The lowest BCUT2D eigenvalue weighted by molar-refractivity contribution is -0.135. The number of nitrogens with one attached hydrogen (secondary N) is 1. The number of halogens is 1. The van der Waals surface area contributed by atoms with Crippen LogP contribution in [0.2, 0.25) is 5.02 Å². The summed E-state index contributed by atoms with van der Waals surface area (Å²) in [7, 11) is 0. The standard InChI is InChI=1S/C24H20ClN3O5/c25-12-3-5-15-14(10-12)24(23(31)26-15)20-19(16-2-1-7-27(16)24)21(29)28(22(20)30)13-4-6-17-18(11-13)33-9-8-32-17/h3-6,10-11,16,19-20H,1-2,7-9H2,(H,26,31)/t16-,19+,20+,24-/m0/s1. The highest BCUT2D eigenvalue weighted by Crippen LogP contribution is 2.61. The molecule has 0 aliphatic carbocycles. The first-order valence-electron chi connectivity index (χ1n) is 11.2. The van der Waals surface area contributed by atoms with E-state index in [4.69, 9.17) is 21.1 Å². The number of rotatable bonds is 1. The van der Waals surface area contributed by atoms with Crippen LogP contribution >= 0.6 is 11.6 Å². The fourth-order valence-electron chi connectivity index (χ4n) is 6.60. The molecule has 33 heavy (non-hydrogen) atoms. The van der Waals surface area contributed by atoms with Crippen LogP contribution in [-0.2, 0) is 19.9 Å². The van der Waals surface area contributed by atoms with Crippen LogP contribution in [0, 0.1) is 11.8 Å². The van der Waals surface area contributed by atoms with Gasteiger partial charge in [0.05, 0.1) is 17.5 Å². The van der Waals surface area contributed by atoms with E-state index in [1.54, 1.807) is 36.4 Å². The molecule has 1 spiro atoms. The van der Waals surface area contributed by atoms with Crippen molar-refractivity contribution in [3.05, 3.63) is 47.0 Å². The number of benzene rings is 2. The molecule has 3 amide bonds. The molecule has 3 saturated heterocycles. The van der Waals surface area contributed by atoms with Gasteiger partial charge in [-0.1, -0.05) is 11.6 Å². The van der Waals surface area contributed by atoms with E-state index in [0.29, 0.717) is 53.2 Å². The third-order valence-electron chi connectivity index (χ3n) is 7.74. The summed E-state index contributed by atoms with van der Waals surface area (Å²) in [5.74, 6) is -1.21. The van der Waals surface area contributed by atoms with Gasteiger partial charge in [-0.25, -0.2) is 4.90 Å². The van der Waals surface area contributed by atoms with Crippen molar-refractivity contribution in [2.45, 2.75) is 24.4 Å². The van der Waals surface area contributed by atoms with Gasteiger partial charge in [0.2, 0.25) is 17.7 Å². The summed E-state index contributed by atoms with van der Waals surface area (Å²) in [4.78, 5) is 44.7. The molecule has 5 heterocycles. The van der Waals surface area contributed by atoms with E-state index in [-0.39, 0.29) is 23.8 Å². The van der Waals surface area contributed by atoms with Crippen molar-refractivity contribution < 1.29 is 23.9 Å². The largest absolute Gasteiger partial charge is 0.486 e. The minimum absolute atomic E-state index is 0.177. The summed E-state index contributed by atoms with van der Waals surface area (Å²) in [5.41, 5.74) is 0.535. The quantitative estimate of drug-likeness (QED) is 0.651. The predicted octanol–water partition coefficient (Wildman–Crippen LogP) is 2.54. The number of hydrogen-bond acceptors (Lipinski definition) is 6. The van der Waals surface area contributed by atoms with E-state index in [2.05, 4.69) is 10.2 Å². The van der Waals surface area contributed by atoms with E-state index in [1.807, 2.05) is 0 Å². The Hall–Kier alpha value is -3.10. The molecule has 0 unspecified atom stereocenters. The number of imide groups is 1. The summed E-state index contributed by atoms with van der Waals surface area (Å²) >= 11 is 6.33. The van der Waals surface area contributed by atoms with Crippen molar-refractivity contribution in [2.24, 2.45) is 11.8 Å². The second kappa shape index (κ2) is 6.48. The highest BCUT2D eigenvalue weighted by molar-refractivity contribution is 6.31. The Bertz CT molecular complexity index is 1260. The molecule has 0 saturated carbocycles. The Morgan fingerprint density at radius 3 is 2.67 bits per heavy atom. The lowest BCUT2D eigenvalue weighted by atomic mass is 9.75. The molecule has 5 aliphatic heterocycles. The van der Waals surface area contributed by atoms with Crippen LogP contribution < -0.4 is 19.7 Å². The van der Waals surface area contributed by atoms with Gasteiger partial charge in [-0.05, 0) is 49.7 Å². The van der Waals surface area contributed by atoms with Gasteiger partial charge in [0, 0.05) is 28.4 Å². The zero-order chi connectivity index (χ0) is 22.5. The second-order valence-electron chi connectivity index (χ2n) is 9.16. The first-order valence-corrected chi connectivity index (χ1v) is 11.6. The maximum Gasteiger partial charge on any atom is 0.250 e. The molecule has 5 aliphatic rings. The molecular weight excluding hydrogens is 446 g/mol. The zero-order valence-electron chi connectivity index (χ0n) is 17.5. The van der Waals surface area contributed by atoms with E-state index in [1.165, 1.54) is 4.90 Å². The Morgan fingerprint density at radius 1 is 1.00 bits per heavy atom. The monoisotopic (exact) mass is 465 g/mol. The van der Waals surface area contributed by atoms with Gasteiger partial charge in [0.1, 0.15) is 18.8 Å². The van der Waals surface area contributed by atoms with Crippen LogP contribution in [0.3, 0.4) is 0 Å². The molecule has 0 radical (unpaired) electrons. The summed E-state index contributed by atoms with van der Waals surface area (Å²) in [5, 5.41) is 3.45. The maximum atomic E-state index is 14.0. The highest BCUT2D eigenvalue weighted by Gasteiger charge is 2.74. The Kier molecular flexibility index (Phi) is 3.81. The van der Waals surface area contributed by atoms with E-state index in [9.17, 15) is 14.4 Å². The highest BCUT2D eigenvalue weighted by atomic mass is 35.5. The SMILES string of the molecule is O=C1[C@@H]2[C@@H]3CCCN3[C@]3(C(=O)Nc4ccc(Cl)cc43)[C@H]2C(=O)N1c1ccc2c(c1)OCCO2. The number of anilines is 2. The minimum Gasteiger partial charge on any atom is -0.486 e. The van der Waals surface area contributed by atoms with Crippen molar-refractivity contribution in [1.29, 1.82) is 0 Å².